The van der Waals surface area contributed by atoms with Crippen molar-refractivity contribution in [3.63, 3.8) is 0 Å². The second kappa shape index (κ2) is 13.2. The molecule has 0 saturated carbocycles. The number of hydrogen-bond donors (Lipinski definition) is 0. The van der Waals surface area contributed by atoms with Crippen molar-refractivity contribution >= 4 is 22.1 Å². The number of aryl methyl sites for hydroxylation is 2. The van der Waals surface area contributed by atoms with Crippen molar-refractivity contribution in [1.82, 2.24) is 15.0 Å². The second-order valence-electron chi connectivity index (χ2n) is 10.6. The van der Waals surface area contributed by atoms with Crippen molar-refractivity contribution < 1.29 is 24.5 Å². The number of furan rings is 1. The summed E-state index contributed by atoms with van der Waals surface area (Å²) >= 11 is 0. The zero-order chi connectivity index (χ0) is 29.1. The van der Waals surface area contributed by atoms with Crippen molar-refractivity contribution in [3.05, 3.63) is 138 Å². The molecule has 0 aliphatic heterocycles. The van der Waals surface area contributed by atoms with Gasteiger partial charge in [0, 0.05) is 43.4 Å². The molecule has 0 unspecified atom stereocenters. The van der Waals surface area contributed by atoms with Gasteiger partial charge in [-0.1, -0.05) is 67.3 Å². The van der Waals surface area contributed by atoms with E-state index in [4.69, 9.17) is 9.40 Å². The molecular weight excluding hydrogens is 707 g/mol. The molecule has 0 bridgehead atoms. The zero-order valence-corrected chi connectivity index (χ0v) is 26.9. The fourth-order valence-electron chi connectivity index (χ4n) is 5.14. The number of nitrogens with zero attached hydrogens (tertiary/aromatic N) is 3. The molecule has 0 saturated heterocycles. The molecule has 0 aliphatic carbocycles. The SMILES string of the molecule is Cc1cccc(C)c1-c1ccc2c(n1)oc1c(-c3ccc(C(C)C)cn3)[c-]ccc12.[Ir].[c-]1ccccc1-c1ccccn1. The van der Waals surface area contributed by atoms with Crippen molar-refractivity contribution in [2.75, 3.05) is 0 Å². The Balaban J connectivity index is 0.000000238. The van der Waals surface area contributed by atoms with E-state index in [1.165, 1.54) is 16.7 Å². The molecule has 43 heavy (non-hydrogen) atoms. The van der Waals surface area contributed by atoms with Crippen LogP contribution in [0.5, 0.6) is 0 Å². The molecule has 5 heteroatoms. The van der Waals surface area contributed by atoms with Crippen molar-refractivity contribution in [1.29, 1.82) is 0 Å². The van der Waals surface area contributed by atoms with Crippen LogP contribution in [0.15, 0.2) is 114 Å². The Bertz CT molecular complexity index is 1910. The van der Waals surface area contributed by atoms with Crippen molar-refractivity contribution in [3.8, 4) is 33.8 Å². The van der Waals surface area contributed by atoms with Crippen LogP contribution in [0.4, 0.5) is 0 Å². The molecule has 4 aromatic heterocycles. The first-order chi connectivity index (χ1) is 20.5. The Morgan fingerprint density at radius 1 is 0.674 bits per heavy atom. The Morgan fingerprint density at radius 2 is 1.47 bits per heavy atom. The third kappa shape index (κ3) is 6.34. The average Bonchev–Trinajstić information content (AvgIpc) is 3.40. The predicted molar refractivity (Wildman–Crippen MR) is 171 cm³/mol. The normalized spacial score (nSPS) is 10.8. The minimum atomic E-state index is 0. The minimum Gasteiger partial charge on any atom is -0.486 e. The molecule has 0 spiro atoms. The fraction of sp³-hybridized carbons (Fsp3) is 0.132. The average molecular weight is 738 g/mol. The maximum Gasteiger partial charge on any atom is 0.216 e. The van der Waals surface area contributed by atoms with Crippen LogP contribution in [-0.2, 0) is 20.1 Å². The summed E-state index contributed by atoms with van der Waals surface area (Å²) in [7, 11) is 0. The van der Waals surface area contributed by atoms with Crippen LogP contribution < -0.4 is 0 Å². The van der Waals surface area contributed by atoms with Crippen molar-refractivity contribution in [2.45, 2.75) is 33.6 Å². The first kappa shape index (κ1) is 30.0. The van der Waals surface area contributed by atoms with E-state index in [0.29, 0.717) is 11.6 Å². The van der Waals surface area contributed by atoms with E-state index < -0.39 is 0 Å². The Labute approximate surface area is 266 Å². The molecule has 3 aromatic carbocycles. The fourth-order valence-corrected chi connectivity index (χ4v) is 5.14. The van der Waals surface area contributed by atoms with Crippen LogP contribution in [0.2, 0.25) is 0 Å². The van der Waals surface area contributed by atoms with Gasteiger partial charge in [0.05, 0.1) is 11.3 Å². The number of rotatable bonds is 4. The molecule has 0 fully saturated rings. The van der Waals surface area contributed by atoms with Gasteiger partial charge in [0.15, 0.2) is 0 Å². The van der Waals surface area contributed by atoms with Gasteiger partial charge in [-0.05, 0) is 66.0 Å². The third-order valence-corrected chi connectivity index (χ3v) is 7.39. The van der Waals surface area contributed by atoms with Crippen LogP contribution in [0, 0.1) is 26.0 Å². The standard InChI is InChI=1S/C27H23N2O.C11H8N.Ir/c1-16(2)19-11-13-23(28-15-19)22-10-6-9-20-21-12-14-24(29-27(21)30-26(20)22)25-17(3)7-5-8-18(25)4;1-2-6-10(7-3-1)11-8-4-5-9-12-11;/h5-9,11-16H,1-4H3;1-6,8-9H;/q2*-1;. The van der Waals surface area contributed by atoms with E-state index in [-0.39, 0.29) is 20.1 Å². The molecule has 0 atom stereocenters. The van der Waals surface area contributed by atoms with Gasteiger partial charge in [0.2, 0.25) is 5.71 Å². The number of fused-ring (bicyclic) bond motifs is 3. The molecule has 4 nitrogen and oxygen atoms in total. The van der Waals surface area contributed by atoms with Crippen molar-refractivity contribution in [2.24, 2.45) is 0 Å². The monoisotopic (exact) mass is 738 g/mol. The summed E-state index contributed by atoms with van der Waals surface area (Å²) in [6.45, 7) is 8.57. The summed E-state index contributed by atoms with van der Waals surface area (Å²) in [5, 5.41) is 2.04. The van der Waals surface area contributed by atoms with E-state index in [9.17, 15) is 0 Å². The molecule has 7 rings (SSSR count). The molecule has 4 heterocycles. The van der Waals surface area contributed by atoms with Crippen LogP contribution in [-0.4, -0.2) is 15.0 Å². The first-order valence-corrected chi connectivity index (χ1v) is 14.1. The summed E-state index contributed by atoms with van der Waals surface area (Å²) in [6.07, 6.45) is 3.73. The van der Waals surface area contributed by atoms with Gasteiger partial charge >= 0.3 is 0 Å². The van der Waals surface area contributed by atoms with Gasteiger partial charge in [-0.3, -0.25) is 0 Å². The number of hydrogen-bond acceptors (Lipinski definition) is 4. The smallest absolute Gasteiger partial charge is 0.216 e. The van der Waals surface area contributed by atoms with Gasteiger partial charge in [0.25, 0.3) is 0 Å². The van der Waals surface area contributed by atoms with Crippen LogP contribution in [0.3, 0.4) is 0 Å². The largest absolute Gasteiger partial charge is 0.486 e. The first-order valence-electron chi connectivity index (χ1n) is 14.1. The van der Waals surface area contributed by atoms with E-state index in [2.05, 4.69) is 86.2 Å². The maximum absolute atomic E-state index is 6.28. The number of aromatic nitrogens is 3. The Hall–Kier alpha value is -4.44. The van der Waals surface area contributed by atoms with Crippen LogP contribution >= 0.6 is 0 Å². The third-order valence-electron chi connectivity index (χ3n) is 7.39. The van der Waals surface area contributed by atoms with Crippen LogP contribution in [0.1, 0.15) is 36.5 Å². The van der Waals surface area contributed by atoms with Gasteiger partial charge in [-0.2, -0.15) is 0 Å². The second-order valence-corrected chi connectivity index (χ2v) is 10.6. The molecule has 7 aromatic rings. The predicted octanol–water partition coefficient (Wildman–Crippen LogP) is 9.80. The number of benzene rings is 3. The molecule has 0 aliphatic rings. The quantitative estimate of drug-likeness (QED) is 0.169. The molecule has 215 valence electrons. The van der Waals surface area contributed by atoms with E-state index in [1.54, 1.807) is 6.20 Å². The summed E-state index contributed by atoms with van der Waals surface area (Å²) < 4.78 is 6.28. The Kier molecular flexibility index (Phi) is 9.25. The van der Waals surface area contributed by atoms with Gasteiger partial charge in [-0.15, -0.1) is 54.1 Å². The van der Waals surface area contributed by atoms with Gasteiger partial charge in [-0.25, -0.2) is 4.98 Å². The van der Waals surface area contributed by atoms with Crippen LogP contribution in [0.25, 0.3) is 55.8 Å². The van der Waals surface area contributed by atoms with Gasteiger partial charge in [0.1, 0.15) is 0 Å². The van der Waals surface area contributed by atoms with E-state index in [0.717, 1.165) is 50.1 Å². The van der Waals surface area contributed by atoms with Gasteiger partial charge < -0.3 is 14.4 Å². The van der Waals surface area contributed by atoms with E-state index >= 15 is 0 Å². The maximum atomic E-state index is 6.28. The topological polar surface area (TPSA) is 51.8 Å². The summed E-state index contributed by atoms with van der Waals surface area (Å²) in [4.78, 5) is 13.8. The molecular formula is C38H31IrN3O-2. The summed E-state index contributed by atoms with van der Waals surface area (Å²) in [6, 6.07) is 38.8. The zero-order valence-electron chi connectivity index (χ0n) is 24.6. The molecule has 0 N–H and O–H groups in total. The van der Waals surface area contributed by atoms with E-state index in [1.807, 2.05) is 66.9 Å². The summed E-state index contributed by atoms with van der Waals surface area (Å²) in [5.41, 5.74) is 10.9. The molecule has 1 radical (unpaired) electrons. The molecule has 0 amide bonds. The number of pyridine rings is 3. The summed E-state index contributed by atoms with van der Waals surface area (Å²) in [5.74, 6) is 0.449. The minimum absolute atomic E-state index is 0. The Morgan fingerprint density at radius 3 is 2.14 bits per heavy atom.